The Morgan fingerprint density at radius 2 is 1.74 bits per heavy atom. The summed E-state index contributed by atoms with van der Waals surface area (Å²) in [5.41, 5.74) is 7.55. The number of carbonyl (C=O) groups is 1. The van der Waals surface area contributed by atoms with Gasteiger partial charge in [0.1, 0.15) is 5.82 Å². The van der Waals surface area contributed by atoms with Gasteiger partial charge in [0, 0.05) is 11.9 Å². The van der Waals surface area contributed by atoms with Crippen LogP contribution in [0.5, 0.6) is 0 Å². The molecule has 3 aromatic rings. The summed E-state index contributed by atoms with van der Waals surface area (Å²) in [6, 6.07) is 21.4. The summed E-state index contributed by atoms with van der Waals surface area (Å²) in [4.78, 5) is 14.9. The van der Waals surface area contributed by atoms with E-state index in [-0.39, 0.29) is 5.91 Å². The number of nitrogens with zero attached hydrogens (tertiary/aromatic N) is 1. The third-order valence-corrected chi connectivity index (χ3v) is 3.11. The number of aromatic nitrogens is 1. The number of hydrogen-bond donors (Lipinski definition) is 2. The molecule has 23 heavy (non-hydrogen) atoms. The molecule has 3 N–H and O–H groups in total. The van der Waals surface area contributed by atoms with E-state index >= 15 is 0 Å². The standard InChI is InChI=1S/C10H11NO.C9H8N2/c1-2-10(12)11-8-9-6-4-3-5-7-9;10-9-6-5-7-3-1-2-4-8(7)11-9/h2-7H,1,8H2,(H,11,12);1-6H,(H2,10,11). The van der Waals surface area contributed by atoms with E-state index in [0.717, 1.165) is 16.5 Å². The second-order valence-electron chi connectivity index (χ2n) is 4.84. The molecule has 0 aliphatic carbocycles. The van der Waals surface area contributed by atoms with Gasteiger partial charge in [0.15, 0.2) is 0 Å². The lowest BCUT2D eigenvalue weighted by Crippen LogP contribution is -2.19. The van der Waals surface area contributed by atoms with Gasteiger partial charge in [-0.15, -0.1) is 0 Å². The lowest BCUT2D eigenvalue weighted by atomic mass is 10.2. The maximum absolute atomic E-state index is 10.8. The van der Waals surface area contributed by atoms with Crippen molar-refractivity contribution in [3.05, 3.63) is 84.9 Å². The molecule has 0 aliphatic heterocycles. The van der Waals surface area contributed by atoms with Crippen LogP contribution in [0.25, 0.3) is 10.9 Å². The summed E-state index contributed by atoms with van der Waals surface area (Å²) >= 11 is 0. The Bertz CT molecular complexity index is 785. The van der Waals surface area contributed by atoms with Gasteiger partial charge < -0.3 is 11.1 Å². The molecule has 3 rings (SSSR count). The minimum absolute atomic E-state index is 0.140. The van der Waals surface area contributed by atoms with Crippen molar-refractivity contribution < 1.29 is 4.79 Å². The molecular formula is C19H19N3O. The molecule has 0 saturated heterocycles. The van der Waals surface area contributed by atoms with Crippen LogP contribution in [-0.4, -0.2) is 10.9 Å². The molecule has 4 heteroatoms. The first-order valence-electron chi connectivity index (χ1n) is 7.24. The number of fused-ring (bicyclic) bond motifs is 1. The Labute approximate surface area is 135 Å². The highest BCUT2D eigenvalue weighted by molar-refractivity contribution is 5.86. The predicted molar refractivity (Wildman–Crippen MR) is 94.6 cm³/mol. The van der Waals surface area contributed by atoms with E-state index in [4.69, 9.17) is 5.73 Å². The molecule has 0 bridgehead atoms. The van der Waals surface area contributed by atoms with Gasteiger partial charge in [-0.3, -0.25) is 4.79 Å². The normalized spacial score (nSPS) is 9.57. The molecule has 0 unspecified atom stereocenters. The zero-order valence-electron chi connectivity index (χ0n) is 12.8. The Balaban J connectivity index is 0.000000167. The minimum atomic E-state index is -0.140. The fraction of sp³-hybridized carbons (Fsp3) is 0.0526. The summed E-state index contributed by atoms with van der Waals surface area (Å²) in [5, 5.41) is 3.82. The van der Waals surface area contributed by atoms with Gasteiger partial charge >= 0.3 is 0 Å². The molecule has 0 atom stereocenters. The number of pyridine rings is 1. The largest absolute Gasteiger partial charge is 0.384 e. The molecule has 0 saturated carbocycles. The number of nitrogen functional groups attached to an aromatic ring is 1. The number of rotatable bonds is 3. The molecule has 0 spiro atoms. The van der Waals surface area contributed by atoms with E-state index < -0.39 is 0 Å². The van der Waals surface area contributed by atoms with Crippen LogP contribution in [0, 0.1) is 0 Å². The maximum atomic E-state index is 10.8. The van der Waals surface area contributed by atoms with Gasteiger partial charge in [-0.1, -0.05) is 55.1 Å². The summed E-state index contributed by atoms with van der Waals surface area (Å²) in [5.74, 6) is 0.433. The lowest BCUT2D eigenvalue weighted by Gasteiger charge is -2.00. The Hall–Kier alpha value is -3.14. The van der Waals surface area contributed by atoms with Crippen molar-refractivity contribution >= 4 is 22.6 Å². The minimum Gasteiger partial charge on any atom is -0.384 e. The van der Waals surface area contributed by atoms with Crippen LogP contribution in [0.2, 0.25) is 0 Å². The van der Waals surface area contributed by atoms with Crippen molar-refractivity contribution in [3.8, 4) is 0 Å². The number of nitrogens with two attached hydrogens (primary N) is 1. The van der Waals surface area contributed by atoms with Crippen molar-refractivity contribution in [2.75, 3.05) is 5.73 Å². The number of amides is 1. The highest BCUT2D eigenvalue weighted by atomic mass is 16.1. The zero-order chi connectivity index (χ0) is 16.5. The van der Waals surface area contributed by atoms with E-state index in [9.17, 15) is 4.79 Å². The van der Waals surface area contributed by atoms with E-state index in [0.29, 0.717) is 12.4 Å². The molecular weight excluding hydrogens is 286 g/mol. The smallest absolute Gasteiger partial charge is 0.243 e. The number of para-hydroxylation sites is 1. The van der Waals surface area contributed by atoms with E-state index in [2.05, 4.69) is 16.9 Å². The SMILES string of the molecule is C=CC(=O)NCc1ccccc1.Nc1ccc2ccccc2n1. The summed E-state index contributed by atoms with van der Waals surface area (Å²) in [6.45, 7) is 3.92. The topological polar surface area (TPSA) is 68.0 Å². The molecule has 1 aromatic heterocycles. The molecule has 1 amide bonds. The van der Waals surface area contributed by atoms with Crippen LogP contribution in [0.4, 0.5) is 5.82 Å². The van der Waals surface area contributed by atoms with Crippen molar-refractivity contribution in [1.82, 2.24) is 10.3 Å². The van der Waals surface area contributed by atoms with Gasteiger partial charge in [-0.2, -0.15) is 0 Å². The number of nitrogens with one attached hydrogen (secondary N) is 1. The van der Waals surface area contributed by atoms with Gasteiger partial charge in [0.2, 0.25) is 5.91 Å². The number of hydrogen-bond acceptors (Lipinski definition) is 3. The number of carbonyl (C=O) groups excluding carboxylic acids is 1. The van der Waals surface area contributed by atoms with Crippen molar-refractivity contribution in [1.29, 1.82) is 0 Å². The number of anilines is 1. The average molecular weight is 305 g/mol. The Kier molecular flexibility index (Phi) is 5.89. The Morgan fingerprint density at radius 1 is 1.04 bits per heavy atom. The number of benzene rings is 2. The summed E-state index contributed by atoms with van der Waals surface area (Å²) in [6.07, 6.45) is 1.27. The van der Waals surface area contributed by atoms with Crippen molar-refractivity contribution in [2.24, 2.45) is 0 Å². The van der Waals surface area contributed by atoms with Gasteiger partial charge in [-0.05, 0) is 29.8 Å². The van der Waals surface area contributed by atoms with Crippen LogP contribution in [0.1, 0.15) is 5.56 Å². The van der Waals surface area contributed by atoms with Crippen molar-refractivity contribution in [2.45, 2.75) is 6.54 Å². The lowest BCUT2D eigenvalue weighted by molar-refractivity contribution is -0.116. The third kappa shape index (κ3) is 5.28. The van der Waals surface area contributed by atoms with Crippen LogP contribution < -0.4 is 11.1 Å². The summed E-state index contributed by atoms with van der Waals surface area (Å²) in [7, 11) is 0. The molecule has 1 heterocycles. The quantitative estimate of drug-likeness (QED) is 0.729. The van der Waals surface area contributed by atoms with Crippen LogP contribution in [0.15, 0.2) is 79.4 Å². The second-order valence-corrected chi connectivity index (χ2v) is 4.84. The van der Waals surface area contributed by atoms with Crippen molar-refractivity contribution in [3.63, 3.8) is 0 Å². The molecule has 2 aromatic carbocycles. The highest BCUT2D eigenvalue weighted by Crippen LogP contribution is 2.11. The fourth-order valence-electron chi connectivity index (χ4n) is 1.94. The Morgan fingerprint density at radius 3 is 2.48 bits per heavy atom. The third-order valence-electron chi connectivity index (χ3n) is 3.11. The summed E-state index contributed by atoms with van der Waals surface area (Å²) < 4.78 is 0. The zero-order valence-corrected chi connectivity index (χ0v) is 12.8. The first-order chi connectivity index (χ1) is 11.2. The van der Waals surface area contributed by atoms with E-state index in [1.807, 2.05) is 66.7 Å². The van der Waals surface area contributed by atoms with E-state index in [1.165, 1.54) is 6.08 Å². The predicted octanol–water partition coefficient (Wildman–Crippen LogP) is 3.31. The van der Waals surface area contributed by atoms with Gasteiger partial charge in [-0.25, -0.2) is 4.98 Å². The van der Waals surface area contributed by atoms with Gasteiger partial charge in [0.05, 0.1) is 5.52 Å². The first kappa shape index (κ1) is 16.2. The fourth-order valence-corrected chi connectivity index (χ4v) is 1.94. The molecule has 4 nitrogen and oxygen atoms in total. The maximum Gasteiger partial charge on any atom is 0.243 e. The van der Waals surface area contributed by atoms with E-state index in [1.54, 1.807) is 0 Å². The highest BCUT2D eigenvalue weighted by Gasteiger charge is 1.93. The molecule has 0 radical (unpaired) electrons. The van der Waals surface area contributed by atoms with Gasteiger partial charge in [0.25, 0.3) is 0 Å². The second kappa shape index (κ2) is 8.34. The average Bonchev–Trinajstić information content (AvgIpc) is 2.61. The molecule has 0 aliphatic rings. The monoisotopic (exact) mass is 305 g/mol. The van der Waals surface area contributed by atoms with Crippen LogP contribution >= 0.6 is 0 Å². The van der Waals surface area contributed by atoms with Crippen LogP contribution in [-0.2, 0) is 11.3 Å². The van der Waals surface area contributed by atoms with Crippen LogP contribution in [0.3, 0.4) is 0 Å². The molecule has 116 valence electrons. The first-order valence-corrected chi connectivity index (χ1v) is 7.24. The molecule has 0 fully saturated rings.